The van der Waals surface area contributed by atoms with Gasteiger partial charge < -0.3 is 9.73 Å². The Bertz CT molecular complexity index is 711. The third-order valence-corrected chi connectivity index (χ3v) is 3.16. The van der Waals surface area contributed by atoms with Crippen molar-refractivity contribution in [2.24, 2.45) is 14.1 Å². The van der Waals surface area contributed by atoms with E-state index in [1.165, 1.54) is 17.7 Å². The predicted molar refractivity (Wildman–Crippen MR) is 73.3 cm³/mol. The summed E-state index contributed by atoms with van der Waals surface area (Å²) in [5.41, 5.74) is -0.0200. The lowest BCUT2D eigenvalue weighted by molar-refractivity contribution is 0.436. The smallest absolute Gasteiger partial charge is 0.330 e. The summed E-state index contributed by atoms with van der Waals surface area (Å²) >= 11 is 0. The molecule has 2 aromatic heterocycles. The SMILES string of the molecule is CCc1cnc(CNCc2cc(=O)n(C)c(=O)n2C)o1. The first-order valence-corrected chi connectivity index (χ1v) is 6.43. The Morgan fingerprint density at radius 2 is 2.00 bits per heavy atom. The lowest BCUT2D eigenvalue weighted by Crippen LogP contribution is -2.39. The van der Waals surface area contributed by atoms with Gasteiger partial charge in [0.1, 0.15) is 5.76 Å². The molecule has 0 aliphatic rings. The molecule has 2 rings (SSSR count). The molecule has 0 spiro atoms. The van der Waals surface area contributed by atoms with Crippen molar-refractivity contribution in [3.05, 3.63) is 50.4 Å². The monoisotopic (exact) mass is 278 g/mol. The van der Waals surface area contributed by atoms with Crippen LogP contribution < -0.4 is 16.6 Å². The lowest BCUT2D eigenvalue weighted by Gasteiger charge is -2.09. The highest BCUT2D eigenvalue weighted by Gasteiger charge is 2.06. The molecule has 0 saturated carbocycles. The van der Waals surface area contributed by atoms with Crippen LogP contribution in [0.2, 0.25) is 0 Å². The molecular formula is C13H18N4O3. The molecule has 0 bridgehead atoms. The summed E-state index contributed by atoms with van der Waals surface area (Å²) in [5.74, 6) is 1.43. The Morgan fingerprint density at radius 3 is 2.65 bits per heavy atom. The molecule has 108 valence electrons. The standard InChI is InChI=1S/C13H18N4O3/c1-4-10-7-15-11(20-10)8-14-6-9-5-12(18)17(3)13(19)16(9)2/h5,7,14H,4,6,8H2,1-3H3. The van der Waals surface area contributed by atoms with Gasteiger partial charge in [-0.1, -0.05) is 6.92 Å². The quantitative estimate of drug-likeness (QED) is 0.827. The van der Waals surface area contributed by atoms with Gasteiger partial charge in [-0.05, 0) is 0 Å². The van der Waals surface area contributed by atoms with Gasteiger partial charge in [0, 0.05) is 38.8 Å². The molecule has 20 heavy (non-hydrogen) atoms. The Hall–Kier alpha value is -2.15. The Morgan fingerprint density at radius 1 is 1.25 bits per heavy atom. The predicted octanol–water partition coefficient (Wildman–Crippen LogP) is -0.0758. The highest BCUT2D eigenvalue weighted by Crippen LogP contribution is 2.03. The van der Waals surface area contributed by atoms with Crippen molar-refractivity contribution in [1.29, 1.82) is 0 Å². The zero-order chi connectivity index (χ0) is 14.7. The van der Waals surface area contributed by atoms with Gasteiger partial charge in [0.25, 0.3) is 5.56 Å². The maximum Gasteiger partial charge on any atom is 0.330 e. The summed E-state index contributed by atoms with van der Waals surface area (Å²) in [7, 11) is 3.10. The minimum absolute atomic E-state index is 0.311. The average molecular weight is 278 g/mol. The fourth-order valence-electron chi connectivity index (χ4n) is 1.84. The fraction of sp³-hybridized carbons (Fsp3) is 0.462. The molecule has 2 aromatic rings. The molecule has 0 aliphatic carbocycles. The van der Waals surface area contributed by atoms with Gasteiger partial charge in [0.2, 0.25) is 5.89 Å². The van der Waals surface area contributed by atoms with Gasteiger partial charge in [-0.3, -0.25) is 13.9 Å². The molecule has 0 fully saturated rings. The number of hydrogen-bond donors (Lipinski definition) is 1. The Labute approximate surface area is 115 Å². The maximum absolute atomic E-state index is 11.8. The van der Waals surface area contributed by atoms with E-state index >= 15 is 0 Å². The van der Waals surface area contributed by atoms with Gasteiger partial charge in [0.15, 0.2) is 0 Å². The van der Waals surface area contributed by atoms with Crippen molar-refractivity contribution >= 4 is 0 Å². The minimum atomic E-state index is -0.335. The molecule has 0 amide bonds. The molecule has 7 heteroatoms. The van der Waals surface area contributed by atoms with Crippen molar-refractivity contribution in [3.63, 3.8) is 0 Å². The zero-order valence-corrected chi connectivity index (χ0v) is 11.8. The Balaban J connectivity index is 2.04. The van der Waals surface area contributed by atoms with Crippen LogP contribution in [0.1, 0.15) is 24.3 Å². The molecule has 7 nitrogen and oxygen atoms in total. The second kappa shape index (κ2) is 5.87. The zero-order valence-electron chi connectivity index (χ0n) is 11.8. The largest absolute Gasteiger partial charge is 0.444 e. The topological polar surface area (TPSA) is 82.1 Å². The lowest BCUT2D eigenvalue weighted by atomic mass is 10.3. The molecule has 0 aromatic carbocycles. The number of nitrogens with one attached hydrogen (secondary N) is 1. The fourth-order valence-corrected chi connectivity index (χ4v) is 1.84. The Kier molecular flexibility index (Phi) is 4.19. The molecule has 0 aliphatic heterocycles. The molecule has 0 unspecified atom stereocenters. The van der Waals surface area contributed by atoms with Gasteiger partial charge in [-0.2, -0.15) is 0 Å². The number of aromatic nitrogens is 3. The van der Waals surface area contributed by atoms with Crippen LogP contribution in [0.4, 0.5) is 0 Å². The van der Waals surface area contributed by atoms with Crippen LogP contribution in [0.25, 0.3) is 0 Å². The second-order valence-electron chi connectivity index (χ2n) is 4.55. The van der Waals surface area contributed by atoms with E-state index in [4.69, 9.17) is 4.42 Å². The van der Waals surface area contributed by atoms with Crippen molar-refractivity contribution in [3.8, 4) is 0 Å². The van der Waals surface area contributed by atoms with Crippen LogP contribution in [0.5, 0.6) is 0 Å². The molecular weight excluding hydrogens is 260 g/mol. The third kappa shape index (κ3) is 2.88. The number of hydrogen-bond acceptors (Lipinski definition) is 5. The summed E-state index contributed by atoms with van der Waals surface area (Å²) < 4.78 is 7.98. The van der Waals surface area contributed by atoms with Gasteiger partial charge in [0.05, 0.1) is 12.7 Å². The molecule has 0 radical (unpaired) electrons. The van der Waals surface area contributed by atoms with Gasteiger partial charge in [-0.15, -0.1) is 0 Å². The summed E-state index contributed by atoms with van der Waals surface area (Å²) in [5, 5.41) is 3.11. The molecule has 0 saturated heterocycles. The van der Waals surface area contributed by atoms with Gasteiger partial charge in [-0.25, -0.2) is 9.78 Å². The summed E-state index contributed by atoms with van der Waals surface area (Å²) in [6.07, 6.45) is 2.50. The number of nitrogens with zero attached hydrogens (tertiary/aromatic N) is 3. The highest BCUT2D eigenvalue weighted by molar-refractivity contribution is 5.02. The summed E-state index contributed by atoms with van der Waals surface area (Å²) in [4.78, 5) is 27.5. The highest BCUT2D eigenvalue weighted by atomic mass is 16.4. The normalized spacial score (nSPS) is 10.9. The minimum Gasteiger partial charge on any atom is -0.444 e. The molecule has 2 heterocycles. The van der Waals surface area contributed by atoms with Crippen LogP contribution >= 0.6 is 0 Å². The maximum atomic E-state index is 11.8. The number of oxazole rings is 1. The van der Waals surface area contributed by atoms with Crippen LogP contribution in [-0.2, 0) is 33.6 Å². The summed E-state index contributed by atoms with van der Waals surface area (Å²) in [6, 6.07) is 1.45. The second-order valence-corrected chi connectivity index (χ2v) is 4.55. The van der Waals surface area contributed by atoms with E-state index in [9.17, 15) is 9.59 Å². The number of aryl methyl sites for hydroxylation is 1. The van der Waals surface area contributed by atoms with E-state index in [1.807, 2.05) is 6.92 Å². The van der Waals surface area contributed by atoms with E-state index in [2.05, 4.69) is 10.3 Å². The van der Waals surface area contributed by atoms with Crippen LogP contribution in [-0.4, -0.2) is 14.1 Å². The van der Waals surface area contributed by atoms with Crippen molar-refractivity contribution < 1.29 is 4.42 Å². The van der Waals surface area contributed by atoms with Crippen molar-refractivity contribution in [2.45, 2.75) is 26.4 Å². The van der Waals surface area contributed by atoms with E-state index < -0.39 is 0 Å². The first-order chi connectivity index (χ1) is 9.52. The third-order valence-electron chi connectivity index (χ3n) is 3.16. The summed E-state index contributed by atoms with van der Waals surface area (Å²) in [6.45, 7) is 2.84. The number of rotatable bonds is 5. The van der Waals surface area contributed by atoms with E-state index in [-0.39, 0.29) is 11.2 Å². The molecule has 0 atom stereocenters. The van der Waals surface area contributed by atoms with E-state index in [0.29, 0.717) is 24.7 Å². The van der Waals surface area contributed by atoms with Crippen LogP contribution in [0, 0.1) is 0 Å². The molecule has 1 N–H and O–H groups in total. The van der Waals surface area contributed by atoms with Crippen molar-refractivity contribution in [2.75, 3.05) is 0 Å². The van der Waals surface area contributed by atoms with Crippen molar-refractivity contribution in [1.82, 2.24) is 19.4 Å². The van der Waals surface area contributed by atoms with Gasteiger partial charge >= 0.3 is 5.69 Å². The van der Waals surface area contributed by atoms with E-state index in [0.717, 1.165) is 16.7 Å². The van der Waals surface area contributed by atoms with Crippen LogP contribution in [0.15, 0.2) is 26.3 Å². The first kappa shape index (κ1) is 14.3. The van der Waals surface area contributed by atoms with Crippen LogP contribution in [0.3, 0.4) is 0 Å². The first-order valence-electron chi connectivity index (χ1n) is 6.43. The van der Waals surface area contributed by atoms with E-state index in [1.54, 1.807) is 13.2 Å². The average Bonchev–Trinajstić information content (AvgIpc) is 2.90.